The van der Waals surface area contributed by atoms with E-state index in [9.17, 15) is 4.79 Å². The monoisotopic (exact) mass is 291 g/mol. The van der Waals surface area contributed by atoms with Crippen molar-refractivity contribution in [2.24, 2.45) is 5.92 Å². The highest BCUT2D eigenvalue weighted by atomic mass is 16.4. The van der Waals surface area contributed by atoms with E-state index in [-0.39, 0.29) is 18.0 Å². The highest BCUT2D eigenvalue weighted by Crippen LogP contribution is 2.33. The fourth-order valence-corrected chi connectivity index (χ4v) is 2.74. The molecule has 1 N–H and O–H groups in total. The molecular formula is C18H29NO2. The summed E-state index contributed by atoms with van der Waals surface area (Å²) < 4.78 is 0. The molecule has 21 heavy (non-hydrogen) atoms. The zero-order chi connectivity index (χ0) is 16.0. The maximum absolute atomic E-state index is 11.0. The van der Waals surface area contributed by atoms with E-state index < -0.39 is 5.97 Å². The van der Waals surface area contributed by atoms with E-state index in [0.717, 1.165) is 6.42 Å². The van der Waals surface area contributed by atoms with Crippen LogP contribution in [0.4, 0.5) is 0 Å². The molecule has 0 spiro atoms. The van der Waals surface area contributed by atoms with E-state index in [0.29, 0.717) is 12.5 Å². The molecule has 3 heteroatoms. The van der Waals surface area contributed by atoms with Gasteiger partial charge in [0, 0.05) is 18.1 Å². The van der Waals surface area contributed by atoms with Gasteiger partial charge in [-0.25, -0.2) is 0 Å². The van der Waals surface area contributed by atoms with Crippen LogP contribution >= 0.6 is 0 Å². The Labute approximate surface area is 129 Å². The molecule has 0 saturated carbocycles. The lowest BCUT2D eigenvalue weighted by Crippen LogP contribution is -2.45. The molecule has 1 aromatic carbocycles. The SMILES string of the molecule is CC(C)CC(c1ccccc1)N(CCC(=O)O)C(C)(C)C. The van der Waals surface area contributed by atoms with E-state index in [4.69, 9.17) is 5.11 Å². The van der Waals surface area contributed by atoms with Crippen LogP contribution in [0.25, 0.3) is 0 Å². The number of carboxylic acids is 1. The highest BCUT2D eigenvalue weighted by molar-refractivity contribution is 5.66. The molecule has 0 aliphatic heterocycles. The zero-order valence-corrected chi connectivity index (χ0v) is 14.0. The lowest BCUT2D eigenvalue weighted by molar-refractivity contribution is -0.137. The van der Waals surface area contributed by atoms with Gasteiger partial charge in [-0.05, 0) is 38.7 Å². The maximum Gasteiger partial charge on any atom is 0.304 e. The lowest BCUT2D eigenvalue weighted by Gasteiger charge is -2.42. The van der Waals surface area contributed by atoms with Crippen LogP contribution in [0.15, 0.2) is 30.3 Å². The molecule has 0 aromatic heterocycles. The number of rotatable bonds is 7. The molecule has 0 aliphatic carbocycles. The fourth-order valence-electron chi connectivity index (χ4n) is 2.74. The van der Waals surface area contributed by atoms with Gasteiger partial charge in [0.25, 0.3) is 0 Å². The summed E-state index contributed by atoms with van der Waals surface area (Å²) >= 11 is 0. The van der Waals surface area contributed by atoms with Crippen molar-refractivity contribution in [3.8, 4) is 0 Å². The molecule has 0 bridgehead atoms. The standard InChI is InChI=1S/C18H29NO2/c1-14(2)13-16(15-9-7-6-8-10-15)19(18(3,4)5)12-11-17(20)21/h6-10,14,16H,11-13H2,1-5H3,(H,20,21). The van der Waals surface area contributed by atoms with Gasteiger partial charge in [-0.1, -0.05) is 44.2 Å². The quantitative estimate of drug-likeness (QED) is 0.812. The van der Waals surface area contributed by atoms with Crippen molar-refractivity contribution in [2.45, 2.75) is 59.0 Å². The first-order valence-corrected chi connectivity index (χ1v) is 7.75. The summed E-state index contributed by atoms with van der Waals surface area (Å²) in [7, 11) is 0. The van der Waals surface area contributed by atoms with Gasteiger partial charge in [0.2, 0.25) is 0 Å². The Balaban J connectivity index is 3.08. The number of carboxylic acid groups (broad SMARTS) is 1. The minimum absolute atomic E-state index is 0.0646. The Bertz CT molecular complexity index is 434. The number of carbonyl (C=O) groups is 1. The van der Waals surface area contributed by atoms with E-state index in [1.165, 1.54) is 5.56 Å². The third kappa shape index (κ3) is 5.88. The molecule has 0 saturated heterocycles. The Morgan fingerprint density at radius 1 is 1.19 bits per heavy atom. The first-order valence-electron chi connectivity index (χ1n) is 7.75. The molecule has 118 valence electrons. The fraction of sp³-hybridized carbons (Fsp3) is 0.611. The molecule has 0 radical (unpaired) electrons. The summed E-state index contributed by atoms with van der Waals surface area (Å²) in [6.45, 7) is 11.5. The summed E-state index contributed by atoms with van der Waals surface area (Å²) in [5, 5.41) is 9.04. The van der Waals surface area contributed by atoms with Gasteiger partial charge in [-0.15, -0.1) is 0 Å². The summed E-state index contributed by atoms with van der Waals surface area (Å²) in [5.41, 5.74) is 1.21. The second-order valence-electron chi connectivity index (χ2n) is 7.06. The molecule has 1 unspecified atom stereocenters. The molecule has 1 atom stereocenters. The van der Waals surface area contributed by atoms with Gasteiger partial charge in [0.05, 0.1) is 6.42 Å². The number of aliphatic carboxylic acids is 1. The second-order valence-corrected chi connectivity index (χ2v) is 7.06. The van der Waals surface area contributed by atoms with Crippen molar-refractivity contribution in [3.05, 3.63) is 35.9 Å². The van der Waals surface area contributed by atoms with Crippen molar-refractivity contribution in [3.63, 3.8) is 0 Å². The molecule has 0 aliphatic rings. The molecular weight excluding hydrogens is 262 g/mol. The molecule has 0 heterocycles. The van der Waals surface area contributed by atoms with Crippen molar-refractivity contribution in [1.29, 1.82) is 0 Å². The predicted molar refractivity (Wildman–Crippen MR) is 87.3 cm³/mol. The second kappa shape index (κ2) is 7.60. The normalized spacial score (nSPS) is 13.7. The van der Waals surface area contributed by atoms with Crippen molar-refractivity contribution >= 4 is 5.97 Å². The van der Waals surface area contributed by atoms with Gasteiger partial charge in [-0.2, -0.15) is 0 Å². The zero-order valence-electron chi connectivity index (χ0n) is 14.0. The van der Waals surface area contributed by atoms with Crippen LogP contribution in [0, 0.1) is 5.92 Å². The summed E-state index contributed by atoms with van der Waals surface area (Å²) in [6.07, 6.45) is 1.21. The van der Waals surface area contributed by atoms with Gasteiger partial charge < -0.3 is 5.11 Å². The molecule has 1 rings (SSSR count). The van der Waals surface area contributed by atoms with Crippen LogP contribution in [0.5, 0.6) is 0 Å². The summed E-state index contributed by atoms with van der Waals surface area (Å²) in [5.74, 6) is -0.175. The topological polar surface area (TPSA) is 40.5 Å². The van der Waals surface area contributed by atoms with E-state index in [1.54, 1.807) is 0 Å². The van der Waals surface area contributed by atoms with E-state index in [2.05, 4.69) is 63.8 Å². The Morgan fingerprint density at radius 2 is 1.76 bits per heavy atom. The van der Waals surface area contributed by atoms with Gasteiger partial charge in [0.15, 0.2) is 0 Å². The third-order valence-corrected chi connectivity index (χ3v) is 3.68. The van der Waals surface area contributed by atoms with Crippen molar-refractivity contribution in [2.75, 3.05) is 6.54 Å². The molecule has 0 amide bonds. The van der Waals surface area contributed by atoms with E-state index >= 15 is 0 Å². The minimum atomic E-state index is -0.736. The van der Waals surface area contributed by atoms with Gasteiger partial charge >= 0.3 is 5.97 Å². The van der Waals surface area contributed by atoms with Crippen LogP contribution in [-0.4, -0.2) is 28.1 Å². The molecule has 1 aromatic rings. The van der Waals surface area contributed by atoms with Crippen LogP contribution in [0.2, 0.25) is 0 Å². The van der Waals surface area contributed by atoms with Crippen LogP contribution in [-0.2, 0) is 4.79 Å². The average molecular weight is 291 g/mol. The summed E-state index contributed by atoms with van der Waals surface area (Å²) in [4.78, 5) is 13.3. The first-order chi connectivity index (χ1) is 9.71. The van der Waals surface area contributed by atoms with Gasteiger partial charge in [-0.3, -0.25) is 9.69 Å². The molecule has 3 nitrogen and oxygen atoms in total. The highest BCUT2D eigenvalue weighted by Gasteiger charge is 2.30. The first kappa shape index (κ1) is 17.7. The lowest BCUT2D eigenvalue weighted by atomic mass is 9.91. The Kier molecular flexibility index (Phi) is 6.41. The van der Waals surface area contributed by atoms with E-state index in [1.807, 2.05) is 6.07 Å². The Morgan fingerprint density at radius 3 is 2.19 bits per heavy atom. The maximum atomic E-state index is 11.0. The average Bonchev–Trinajstić information content (AvgIpc) is 2.36. The summed E-state index contributed by atoms with van der Waals surface area (Å²) in [6, 6.07) is 10.7. The Hall–Kier alpha value is -1.35. The third-order valence-electron chi connectivity index (χ3n) is 3.68. The van der Waals surface area contributed by atoms with Crippen molar-refractivity contribution < 1.29 is 9.90 Å². The largest absolute Gasteiger partial charge is 0.481 e. The predicted octanol–water partition coefficient (Wildman–Crippen LogP) is 4.35. The van der Waals surface area contributed by atoms with Crippen LogP contribution < -0.4 is 0 Å². The van der Waals surface area contributed by atoms with Crippen molar-refractivity contribution in [1.82, 2.24) is 4.90 Å². The minimum Gasteiger partial charge on any atom is -0.481 e. The number of benzene rings is 1. The number of hydrogen-bond acceptors (Lipinski definition) is 2. The number of hydrogen-bond donors (Lipinski definition) is 1. The smallest absolute Gasteiger partial charge is 0.304 e. The van der Waals surface area contributed by atoms with Crippen LogP contribution in [0.3, 0.4) is 0 Å². The molecule has 0 fully saturated rings. The number of nitrogens with zero attached hydrogens (tertiary/aromatic N) is 1. The van der Waals surface area contributed by atoms with Crippen LogP contribution in [0.1, 0.15) is 59.1 Å². The van der Waals surface area contributed by atoms with Gasteiger partial charge in [0.1, 0.15) is 0 Å².